The lowest BCUT2D eigenvalue weighted by molar-refractivity contribution is 0.0555. The standard InChI is InChI=1S/C15H29N3O2/c1-7-16-12(8-10(2)3)9-13-17-15(18-20-13)14(19-6)11(4)5/h10-12,14,16H,7-9H2,1-6H3. The molecule has 20 heavy (non-hydrogen) atoms. The number of rotatable bonds is 9. The van der Waals surface area contributed by atoms with E-state index in [0.29, 0.717) is 29.6 Å². The molecular weight excluding hydrogens is 254 g/mol. The Bertz CT molecular complexity index is 377. The van der Waals surface area contributed by atoms with E-state index in [1.54, 1.807) is 7.11 Å². The average molecular weight is 283 g/mol. The van der Waals surface area contributed by atoms with Gasteiger partial charge in [0.25, 0.3) is 0 Å². The third-order valence-electron chi connectivity index (χ3n) is 3.27. The normalized spacial score (nSPS) is 15.0. The topological polar surface area (TPSA) is 60.2 Å². The minimum Gasteiger partial charge on any atom is -0.373 e. The summed E-state index contributed by atoms with van der Waals surface area (Å²) >= 11 is 0. The SMILES string of the molecule is CCNC(Cc1nc(C(OC)C(C)C)no1)CC(C)C. The first-order chi connectivity index (χ1) is 9.47. The predicted molar refractivity (Wildman–Crippen MR) is 79.5 cm³/mol. The lowest BCUT2D eigenvalue weighted by Gasteiger charge is -2.18. The number of methoxy groups -OCH3 is 1. The van der Waals surface area contributed by atoms with Crippen LogP contribution in [-0.4, -0.2) is 29.8 Å². The summed E-state index contributed by atoms with van der Waals surface area (Å²) in [5.74, 6) is 2.31. The van der Waals surface area contributed by atoms with E-state index in [4.69, 9.17) is 9.26 Å². The molecular formula is C15H29N3O2. The number of hydrogen-bond donors (Lipinski definition) is 1. The Morgan fingerprint density at radius 2 is 1.95 bits per heavy atom. The fourth-order valence-electron chi connectivity index (χ4n) is 2.45. The molecule has 0 amide bonds. The van der Waals surface area contributed by atoms with Crippen molar-refractivity contribution in [2.45, 2.75) is 59.6 Å². The van der Waals surface area contributed by atoms with Gasteiger partial charge in [-0.3, -0.25) is 0 Å². The summed E-state index contributed by atoms with van der Waals surface area (Å²) in [4.78, 5) is 4.49. The van der Waals surface area contributed by atoms with Crippen molar-refractivity contribution in [1.29, 1.82) is 0 Å². The van der Waals surface area contributed by atoms with E-state index >= 15 is 0 Å². The monoisotopic (exact) mass is 283 g/mol. The average Bonchev–Trinajstić information content (AvgIpc) is 2.77. The number of likely N-dealkylation sites (N-methyl/N-ethyl adjacent to an activating group) is 1. The number of nitrogens with zero attached hydrogens (tertiary/aromatic N) is 2. The fourth-order valence-corrected chi connectivity index (χ4v) is 2.45. The van der Waals surface area contributed by atoms with Gasteiger partial charge in [0.1, 0.15) is 6.10 Å². The van der Waals surface area contributed by atoms with E-state index in [9.17, 15) is 0 Å². The van der Waals surface area contributed by atoms with Gasteiger partial charge in [-0.05, 0) is 24.8 Å². The maximum atomic E-state index is 5.43. The van der Waals surface area contributed by atoms with Crippen molar-refractivity contribution in [3.63, 3.8) is 0 Å². The highest BCUT2D eigenvalue weighted by Crippen LogP contribution is 2.22. The van der Waals surface area contributed by atoms with Crippen molar-refractivity contribution in [3.05, 3.63) is 11.7 Å². The zero-order valence-electron chi connectivity index (χ0n) is 13.6. The molecule has 1 heterocycles. The molecule has 0 saturated carbocycles. The van der Waals surface area contributed by atoms with Gasteiger partial charge in [0.15, 0.2) is 0 Å². The van der Waals surface area contributed by atoms with Crippen LogP contribution in [0.5, 0.6) is 0 Å². The highest BCUT2D eigenvalue weighted by atomic mass is 16.5. The van der Waals surface area contributed by atoms with Crippen LogP contribution >= 0.6 is 0 Å². The zero-order valence-corrected chi connectivity index (χ0v) is 13.6. The number of aromatic nitrogens is 2. The summed E-state index contributed by atoms with van der Waals surface area (Å²) in [7, 11) is 1.68. The molecule has 0 saturated heterocycles. The second kappa shape index (κ2) is 8.37. The second-order valence-electron chi connectivity index (χ2n) is 6.03. The molecule has 116 valence electrons. The fraction of sp³-hybridized carbons (Fsp3) is 0.867. The van der Waals surface area contributed by atoms with E-state index in [0.717, 1.165) is 19.4 Å². The Morgan fingerprint density at radius 1 is 1.25 bits per heavy atom. The highest BCUT2D eigenvalue weighted by molar-refractivity contribution is 4.94. The Labute approximate surface area is 122 Å². The molecule has 0 fully saturated rings. The van der Waals surface area contributed by atoms with Crippen LogP contribution < -0.4 is 5.32 Å². The molecule has 0 bridgehead atoms. The van der Waals surface area contributed by atoms with Crippen molar-refractivity contribution < 1.29 is 9.26 Å². The first-order valence-corrected chi connectivity index (χ1v) is 7.56. The summed E-state index contributed by atoms with van der Waals surface area (Å²) in [6.07, 6.45) is 1.77. The molecule has 5 nitrogen and oxygen atoms in total. The van der Waals surface area contributed by atoms with Crippen molar-refractivity contribution in [2.24, 2.45) is 11.8 Å². The molecule has 0 aromatic carbocycles. The number of ether oxygens (including phenoxy) is 1. The van der Waals surface area contributed by atoms with E-state index in [1.165, 1.54) is 0 Å². The summed E-state index contributed by atoms with van der Waals surface area (Å²) in [5, 5.41) is 7.54. The van der Waals surface area contributed by atoms with Gasteiger partial charge in [0, 0.05) is 19.6 Å². The maximum absolute atomic E-state index is 5.43. The van der Waals surface area contributed by atoms with Crippen molar-refractivity contribution >= 4 is 0 Å². The van der Waals surface area contributed by atoms with Crippen LogP contribution in [0.15, 0.2) is 4.52 Å². The molecule has 2 unspecified atom stereocenters. The van der Waals surface area contributed by atoms with Crippen LogP contribution in [0.25, 0.3) is 0 Å². The molecule has 0 aliphatic heterocycles. The van der Waals surface area contributed by atoms with Crippen LogP contribution in [0, 0.1) is 11.8 Å². The van der Waals surface area contributed by atoms with Crippen molar-refractivity contribution in [2.75, 3.05) is 13.7 Å². The molecule has 0 radical (unpaired) electrons. The molecule has 1 rings (SSSR count). The third kappa shape index (κ3) is 5.21. The van der Waals surface area contributed by atoms with Gasteiger partial charge in [-0.1, -0.05) is 39.8 Å². The van der Waals surface area contributed by atoms with Gasteiger partial charge in [-0.15, -0.1) is 0 Å². The predicted octanol–water partition coefficient (Wildman–Crippen LogP) is 2.98. The smallest absolute Gasteiger partial charge is 0.228 e. The molecule has 2 atom stereocenters. The minimum atomic E-state index is -0.102. The van der Waals surface area contributed by atoms with Gasteiger partial charge >= 0.3 is 0 Å². The van der Waals surface area contributed by atoms with Gasteiger partial charge in [-0.2, -0.15) is 4.98 Å². The van der Waals surface area contributed by atoms with Crippen molar-refractivity contribution in [3.8, 4) is 0 Å². The molecule has 0 aliphatic rings. The summed E-state index contributed by atoms with van der Waals surface area (Å²) < 4.78 is 10.8. The lowest BCUT2D eigenvalue weighted by atomic mass is 10.0. The summed E-state index contributed by atoms with van der Waals surface area (Å²) in [6.45, 7) is 11.7. The molecule has 0 aliphatic carbocycles. The van der Waals surface area contributed by atoms with Gasteiger partial charge in [0.05, 0.1) is 0 Å². The highest BCUT2D eigenvalue weighted by Gasteiger charge is 2.22. The quantitative estimate of drug-likeness (QED) is 0.755. The van der Waals surface area contributed by atoms with Gasteiger partial charge < -0.3 is 14.6 Å². The Kier molecular flexibility index (Phi) is 7.16. The summed E-state index contributed by atoms with van der Waals surface area (Å²) in [5.41, 5.74) is 0. The number of hydrogen-bond acceptors (Lipinski definition) is 5. The molecule has 1 aromatic heterocycles. The van der Waals surface area contributed by atoms with Crippen LogP contribution in [0.3, 0.4) is 0 Å². The first kappa shape index (κ1) is 17.1. The molecule has 0 spiro atoms. The molecule has 1 aromatic rings. The Hall–Kier alpha value is -0.940. The Morgan fingerprint density at radius 3 is 2.45 bits per heavy atom. The van der Waals surface area contributed by atoms with E-state index in [1.807, 2.05) is 0 Å². The van der Waals surface area contributed by atoms with Gasteiger partial charge in [-0.25, -0.2) is 0 Å². The van der Waals surface area contributed by atoms with Crippen LogP contribution in [0.4, 0.5) is 0 Å². The maximum Gasteiger partial charge on any atom is 0.228 e. The van der Waals surface area contributed by atoms with E-state index < -0.39 is 0 Å². The lowest BCUT2D eigenvalue weighted by Crippen LogP contribution is -2.32. The van der Waals surface area contributed by atoms with Crippen LogP contribution in [0.1, 0.15) is 58.9 Å². The molecule has 5 heteroatoms. The molecule has 1 N–H and O–H groups in total. The Balaban J connectivity index is 2.69. The van der Waals surface area contributed by atoms with Crippen LogP contribution in [0.2, 0.25) is 0 Å². The number of nitrogens with one attached hydrogen (secondary N) is 1. The van der Waals surface area contributed by atoms with Crippen LogP contribution in [-0.2, 0) is 11.2 Å². The van der Waals surface area contributed by atoms with Crippen molar-refractivity contribution in [1.82, 2.24) is 15.5 Å². The van der Waals surface area contributed by atoms with E-state index in [2.05, 4.69) is 50.1 Å². The minimum absolute atomic E-state index is 0.102. The zero-order chi connectivity index (χ0) is 15.1. The third-order valence-corrected chi connectivity index (χ3v) is 3.27. The van der Waals surface area contributed by atoms with Gasteiger partial charge in [0.2, 0.25) is 11.7 Å². The second-order valence-corrected chi connectivity index (χ2v) is 6.03. The summed E-state index contributed by atoms with van der Waals surface area (Å²) in [6, 6.07) is 0.383. The first-order valence-electron chi connectivity index (χ1n) is 7.56. The van der Waals surface area contributed by atoms with E-state index in [-0.39, 0.29) is 6.10 Å². The largest absolute Gasteiger partial charge is 0.373 e.